The van der Waals surface area contributed by atoms with Gasteiger partial charge in [-0.3, -0.25) is 9.59 Å². The molecule has 3 aliphatic heterocycles. The Balaban J connectivity index is 0.00000585. The van der Waals surface area contributed by atoms with E-state index in [1.54, 1.807) is 6.07 Å². The van der Waals surface area contributed by atoms with Crippen LogP contribution in [0, 0.1) is 16.7 Å². The molecule has 0 unspecified atom stereocenters. The lowest BCUT2D eigenvalue weighted by Crippen LogP contribution is -2.55. The van der Waals surface area contributed by atoms with E-state index in [9.17, 15) is 19.3 Å². The summed E-state index contributed by atoms with van der Waals surface area (Å²) in [6.07, 6.45) is 6.02. The Labute approximate surface area is 343 Å². The third kappa shape index (κ3) is 11.6. The van der Waals surface area contributed by atoms with Crippen LogP contribution in [0.3, 0.4) is 0 Å². The van der Waals surface area contributed by atoms with Gasteiger partial charge in [0.1, 0.15) is 23.7 Å². The van der Waals surface area contributed by atoms with E-state index in [4.69, 9.17) is 23.6 Å². The van der Waals surface area contributed by atoms with Crippen LogP contribution in [0.5, 0.6) is 5.75 Å². The van der Waals surface area contributed by atoms with E-state index in [1.807, 2.05) is 39.2 Å². The van der Waals surface area contributed by atoms with Crippen molar-refractivity contribution < 1.29 is 48.6 Å². The first-order chi connectivity index (χ1) is 28.5. The molecule has 3 aromatic carbocycles. The molecule has 59 heavy (non-hydrogen) atoms. The van der Waals surface area contributed by atoms with Crippen LogP contribution in [0.4, 0.5) is 10.5 Å². The maximum absolute atomic E-state index is 13.6. The number of hydrogen-bond donors (Lipinski definition) is 1. The molecule has 0 bridgehead atoms. The van der Waals surface area contributed by atoms with Crippen molar-refractivity contribution in [3.8, 4) is 5.75 Å². The van der Waals surface area contributed by atoms with Crippen LogP contribution in [0.15, 0.2) is 71.4 Å². The van der Waals surface area contributed by atoms with Crippen LogP contribution < -0.4 is 9.91 Å². The Morgan fingerprint density at radius 2 is 1.58 bits per heavy atom. The second-order valence-electron chi connectivity index (χ2n) is 15.6. The fourth-order valence-electron chi connectivity index (χ4n) is 8.63. The summed E-state index contributed by atoms with van der Waals surface area (Å²) in [7, 11) is 0. The van der Waals surface area contributed by atoms with Gasteiger partial charge in [-0.05, 0) is 89.6 Å². The number of piperidine rings is 2. The van der Waals surface area contributed by atoms with Crippen molar-refractivity contribution in [1.29, 1.82) is 0 Å². The second-order valence-corrected chi connectivity index (χ2v) is 15.6. The molecule has 316 valence electrons. The number of aryl methyl sites for hydroxylation is 1. The Morgan fingerprint density at radius 1 is 0.814 bits per heavy atom. The number of Topliss-reactive ketones (excluding diaryl/α,β-unsaturated/α-hetero) is 2. The molecule has 15 nitrogen and oxygen atoms in total. The number of carbonyl (C=O) groups excluding carboxylic acids is 3. The first-order valence-electron chi connectivity index (χ1n) is 20.7. The van der Waals surface area contributed by atoms with Gasteiger partial charge in [-0.1, -0.05) is 42.5 Å². The second kappa shape index (κ2) is 21.8. The molecule has 2 amide bonds. The third-order valence-electron chi connectivity index (χ3n) is 11.7. The first-order valence-corrected chi connectivity index (χ1v) is 20.7. The molecule has 3 aliphatic rings. The number of rotatable bonds is 19. The number of nitrogens with one attached hydrogen (secondary N) is 1. The molecular formula is C44H55N5O10. The number of carbonyl (C=O) groups is 3. The van der Waals surface area contributed by atoms with Gasteiger partial charge in [0.25, 0.3) is 5.69 Å². The molecular weight excluding hydrogens is 759 g/mol. The van der Waals surface area contributed by atoms with Gasteiger partial charge in [-0.15, -0.1) is 0 Å². The Morgan fingerprint density at radius 3 is 2.39 bits per heavy atom. The number of nitroso groups, excluding NO2 is 1. The molecule has 0 aliphatic carbocycles. The van der Waals surface area contributed by atoms with E-state index in [2.05, 4.69) is 46.7 Å². The van der Waals surface area contributed by atoms with Gasteiger partial charge in [-0.2, -0.15) is 0 Å². The maximum atomic E-state index is 13.6. The molecule has 1 aromatic heterocycles. The number of likely N-dealkylation sites (tertiary alicyclic amines) is 2. The molecule has 15 heteroatoms. The molecule has 4 aromatic rings. The highest BCUT2D eigenvalue weighted by atomic mass is 16.6. The number of fused-ring (bicyclic) bond motifs is 2. The van der Waals surface area contributed by atoms with Crippen LogP contribution in [0.2, 0.25) is 0 Å². The molecule has 0 spiro atoms. The van der Waals surface area contributed by atoms with E-state index >= 15 is 0 Å². The molecule has 0 radical (unpaired) electrons. The number of aromatic nitrogens is 2. The summed E-state index contributed by atoms with van der Waals surface area (Å²) in [5, 5.41) is 9.55. The van der Waals surface area contributed by atoms with Gasteiger partial charge in [-0.25, -0.2) is 9.42 Å². The lowest BCUT2D eigenvalue weighted by Gasteiger charge is -2.43. The Kier molecular flexibility index (Phi) is 16.1. The monoisotopic (exact) mass is 813 g/mol. The SMILES string of the molecule is O=[NH+]c1ccc(CCCOCCOCCC(=O)CCCOc2cccc([C@@H](c3ccccc3)C3CCN(C(=O)N4CC[C@@H]5OCC(=O)C[C@@H]5C4)CC3)c2)c2nonc12.[OH-]. The van der Waals surface area contributed by atoms with Crippen molar-refractivity contribution in [2.24, 2.45) is 11.8 Å². The predicted octanol–water partition coefficient (Wildman–Crippen LogP) is 4.95. The van der Waals surface area contributed by atoms with Gasteiger partial charge in [0, 0.05) is 80.0 Å². The average molecular weight is 814 g/mol. The highest BCUT2D eigenvalue weighted by Crippen LogP contribution is 2.39. The molecule has 3 atom stereocenters. The minimum absolute atomic E-state index is 0. The van der Waals surface area contributed by atoms with Crippen LogP contribution >= 0.6 is 0 Å². The van der Waals surface area contributed by atoms with Crippen LogP contribution in [0.25, 0.3) is 11.0 Å². The van der Waals surface area contributed by atoms with Gasteiger partial charge in [0.05, 0.1) is 32.5 Å². The predicted molar refractivity (Wildman–Crippen MR) is 216 cm³/mol. The maximum Gasteiger partial charge on any atom is 0.320 e. The zero-order valence-corrected chi connectivity index (χ0v) is 33.5. The Bertz CT molecular complexity index is 1980. The number of urea groups is 1. The van der Waals surface area contributed by atoms with Gasteiger partial charge in [0.2, 0.25) is 5.52 Å². The molecule has 4 heterocycles. The largest absolute Gasteiger partial charge is 0.870 e. The van der Waals surface area contributed by atoms with Crippen LogP contribution in [-0.4, -0.2) is 115 Å². The molecule has 2 N–H and O–H groups in total. The standard InChI is InChI=1S/C44H53N5O9.H2O/c50-36(18-24-55-26-25-54-22-5-10-33-13-14-39(45-53)43-42(33)46-58-47-43)11-6-23-56-38-12-4-9-34(28-38)41(31-7-2-1-3-8-31)32-15-19-48(20-16-32)44(52)49-21-17-40-35(29-49)27-37(51)30-57-40;/h1-4,7-9,12-14,28,32,35,40-41H,5-6,10-11,15-27,29-30H2;1H2/t35-,40+,41+;/m1./s1. The zero-order valence-electron chi connectivity index (χ0n) is 33.5. The summed E-state index contributed by atoms with van der Waals surface area (Å²) in [5.74, 6) is 1.67. The normalized spacial score (nSPS) is 18.9. The van der Waals surface area contributed by atoms with Gasteiger partial charge in [0.15, 0.2) is 5.78 Å². The summed E-state index contributed by atoms with van der Waals surface area (Å²) in [4.78, 5) is 53.1. The summed E-state index contributed by atoms with van der Waals surface area (Å²) in [6, 6.07) is 22.4. The highest BCUT2D eigenvalue weighted by Gasteiger charge is 2.39. The van der Waals surface area contributed by atoms with Crippen molar-refractivity contribution >= 4 is 34.3 Å². The van der Waals surface area contributed by atoms with Crippen molar-refractivity contribution in [2.45, 2.75) is 69.8 Å². The lowest BCUT2D eigenvalue weighted by molar-refractivity contribution is -0.377. The first kappa shape index (κ1) is 43.5. The van der Waals surface area contributed by atoms with E-state index in [0.29, 0.717) is 114 Å². The quantitative estimate of drug-likeness (QED) is 0.125. The third-order valence-corrected chi connectivity index (χ3v) is 11.7. The van der Waals surface area contributed by atoms with Crippen molar-refractivity contribution in [1.82, 2.24) is 20.1 Å². The lowest BCUT2D eigenvalue weighted by atomic mass is 9.76. The van der Waals surface area contributed by atoms with Crippen molar-refractivity contribution in [3.63, 3.8) is 0 Å². The van der Waals surface area contributed by atoms with Crippen LogP contribution in [0.1, 0.15) is 74.0 Å². The Hall–Kier alpha value is -5.09. The zero-order chi connectivity index (χ0) is 40.1. The van der Waals surface area contributed by atoms with Crippen molar-refractivity contribution in [3.05, 3.63) is 88.3 Å². The van der Waals surface area contributed by atoms with E-state index < -0.39 is 0 Å². The number of ether oxygens (including phenoxy) is 4. The molecule has 3 saturated heterocycles. The number of ketones is 2. The average Bonchev–Trinajstić information content (AvgIpc) is 3.76. The summed E-state index contributed by atoms with van der Waals surface area (Å²) in [6.45, 7) is 5.04. The number of amides is 2. The van der Waals surface area contributed by atoms with Gasteiger partial charge < -0.3 is 34.2 Å². The van der Waals surface area contributed by atoms with Crippen LogP contribution in [-0.2, 0) is 30.2 Å². The smallest absolute Gasteiger partial charge is 0.320 e. The minimum atomic E-state index is 0. The van der Waals surface area contributed by atoms with Crippen molar-refractivity contribution in [2.75, 3.05) is 65.8 Å². The minimum Gasteiger partial charge on any atom is -0.870 e. The number of benzene rings is 3. The topological polar surface area (TPSA) is 195 Å². The highest BCUT2D eigenvalue weighted by molar-refractivity contribution is 5.85. The fraction of sp³-hybridized carbons (Fsp3) is 0.523. The number of nitrogens with zero attached hydrogens (tertiary/aromatic N) is 4. The number of hydrogen-bond acceptors (Lipinski definition) is 12. The fourth-order valence-corrected chi connectivity index (χ4v) is 8.63. The van der Waals surface area contributed by atoms with Gasteiger partial charge >= 0.3 is 6.03 Å². The summed E-state index contributed by atoms with van der Waals surface area (Å²) in [5.41, 5.74) is 4.70. The van der Waals surface area contributed by atoms with E-state index in [1.165, 1.54) is 11.1 Å². The van der Waals surface area contributed by atoms with E-state index in [0.717, 1.165) is 37.0 Å². The molecule has 7 rings (SSSR count). The molecule has 0 saturated carbocycles. The summed E-state index contributed by atoms with van der Waals surface area (Å²) >= 11 is 0. The summed E-state index contributed by atoms with van der Waals surface area (Å²) < 4.78 is 28.0. The van der Waals surface area contributed by atoms with E-state index in [-0.39, 0.29) is 47.6 Å². The molecule has 3 fully saturated rings.